The molecule has 0 radical (unpaired) electrons. The molecular weight excluding hydrogens is 456 g/mol. The molecule has 23 heavy (non-hydrogen) atoms. The fourth-order valence-electron chi connectivity index (χ4n) is 1.68. The Morgan fingerprint density at radius 1 is 1.39 bits per heavy atom. The van der Waals surface area contributed by atoms with Crippen molar-refractivity contribution in [1.82, 2.24) is 5.32 Å². The third kappa shape index (κ3) is 7.99. The van der Waals surface area contributed by atoms with Gasteiger partial charge in [-0.2, -0.15) is 0 Å². The highest BCUT2D eigenvalue weighted by molar-refractivity contribution is 14.1. The number of carbonyl (C=O) groups is 1. The molecule has 1 N–H and O–H groups in total. The van der Waals surface area contributed by atoms with Gasteiger partial charge in [0.1, 0.15) is 18.1 Å². The molecule has 0 bridgehead atoms. The first-order valence-electron chi connectivity index (χ1n) is 6.82. The maximum Gasteiger partial charge on any atom is 0.406 e. The Bertz CT molecular complexity index is 539. The summed E-state index contributed by atoms with van der Waals surface area (Å²) in [6.45, 7) is 3.16. The number of methoxy groups -OCH3 is 1. The molecule has 0 spiro atoms. The first kappa shape index (κ1) is 20.2. The van der Waals surface area contributed by atoms with E-state index >= 15 is 0 Å². The van der Waals surface area contributed by atoms with Crippen LogP contribution in [0, 0.1) is 6.92 Å². The maximum absolute atomic E-state index is 10.9. The van der Waals surface area contributed by atoms with Crippen LogP contribution in [-0.4, -0.2) is 33.0 Å². The Balaban J connectivity index is 2.50. The number of carbonyl (C=O) groups excluding carboxylic acids is 1. The summed E-state index contributed by atoms with van der Waals surface area (Å²) in [6, 6.07) is 3.55. The Hall–Kier alpha value is -0.860. The Morgan fingerprint density at radius 3 is 2.74 bits per heavy atom. The number of hydrogen-bond acceptors (Lipinski definition) is 4. The van der Waals surface area contributed by atoms with Gasteiger partial charge in [-0.3, -0.25) is 0 Å². The molecule has 128 valence electrons. The summed E-state index contributed by atoms with van der Waals surface area (Å²) in [5.74, 6) is 1.26. The number of ether oxygens (including phenoxy) is 3. The van der Waals surface area contributed by atoms with Gasteiger partial charge in [-0.25, -0.2) is 4.79 Å². The summed E-state index contributed by atoms with van der Waals surface area (Å²) in [5, 5.41) is 3.06. The molecule has 1 amide bonds. The van der Waals surface area contributed by atoms with Crippen molar-refractivity contribution in [3.8, 4) is 11.5 Å². The van der Waals surface area contributed by atoms with E-state index in [1.165, 1.54) is 7.11 Å². The molecule has 0 heterocycles. The van der Waals surface area contributed by atoms with Crippen molar-refractivity contribution >= 4 is 51.9 Å². The molecule has 0 aliphatic carbocycles. The lowest BCUT2D eigenvalue weighted by molar-refractivity contribution is 0.170. The zero-order valence-electron chi connectivity index (χ0n) is 12.8. The number of benzene rings is 1. The van der Waals surface area contributed by atoms with Gasteiger partial charge in [0.15, 0.2) is 0 Å². The SMILES string of the molecule is COC(=O)NCCCOc1c(C)cc(OC/C=C(\Cl)I)cc1Cl. The highest BCUT2D eigenvalue weighted by Crippen LogP contribution is 2.33. The smallest absolute Gasteiger partial charge is 0.406 e. The van der Waals surface area contributed by atoms with Crippen molar-refractivity contribution in [1.29, 1.82) is 0 Å². The van der Waals surface area contributed by atoms with Crippen LogP contribution in [0.25, 0.3) is 0 Å². The molecule has 1 rings (SSSR count). The molecule has 1 aromatic rings. The second kappa shape index (κ2) is 10.8. The van der Waals surface area contributed by atoms with E-state index in [-0.39, 0.29) is 0 Å². The number of hydrogen-bond donors (Lipinski definition) is 1. The monoisotopic (exact) mass is 473 g/mol. The molecule has 0 aliphatic rings. The molecule has 0 aromatic heterocycles. The van der Waals surface area contributed by atoms with Gasteiger partial charge in [0.25, 0.3) is 0 Å². The fraction of sp³-hybridized carbons (Fsp3) is 0.400. The van der Waals surface area contributed by atoms with Crippen LogP contribution in [0.5, 0.6) is 11.5 Å². The van der Waals surface area contributed by atoms with Gasteiger partial charge in [0.05, 0.1) is 21.8 Å². The lowest BCUT2D eigenvalue weighted by atomic mass is 10.2. The van der Waals surface area contributed by atoms with Crippen LogP contribution in [-0.2, 0) is 4.74 Å². The van der Waals surface area contributed by atoms with E-state index in [9.17, 15) is 4.79 Å². The lowest BCUT2D eigenvalue weighted by Gasteiger charge is -2.13. The van der Waals surface area contributed by atoms with E-state index in [0.29, 0.717) is 45.7 Å². The van der Waals surface area contributed by atoms with Crippen molar-refractivity contribution in [3.05, 3.63) is 31.8 Å². The normalized spacial score (nSPS) is 11.1. The van der Waals surface area contributed by atoms with Crippen LogP contribution in [0.15, 0.2) is 21.2 Å². The highest BCUT2D eigenvalue weighted by Gasteiger charge is 2.09. The van der Waals surface area contributed by atoms with Crippen LogP contribution < -0.4 is 14.8 Å². The summed E-state index contributed by atoms with van der Waals surface area (Å²) < 4.78 is 16.3. The van der Waals surface area contributed by atoms with Gasteiger partial charge >= 0.3 is 6.09 Å². The Kier molecular flexibility index (Phi) is 9.50. The van der Waals surface area contributed by atoms with E-state index in [0.717, 1.165) is 5.56 Å². The third-order valence-electron chi connectivity index (χ3n) is 2.71. The van der Waals surface area contributed by atoms with Crippen LogP contribution >= 0.6 is 45.8 Å². The molecule has 0 saturated heterocycles. The summed E-state index contributed by atoms with van der Waals surface area (Å²) >= 11 is 14.0. The number of halogens is 3. The Morgan fingerprint density at radius 2 is 2.13 bits per heavy atom. The van der Waals surface area contributed by atoms with Crippen LogP contribution in [0.2, 0.25) is 5.02 Å². The number of alkyl carbamates (subject to hydrolysis) is 1. The topological polar surface area (TPSA) is 56.8 Å². The number of amides is 1. The molecule has 8 heteroatoms. The summed E-state index contributed by atoms with van der Waals surface area (Å²) in [6.07, 6.45) is 1.94. The highest BCUT2D eigenvalue weighted by atomic mass is 127. The molecule has 0 atom stereocenters. The van der Waals surface area contributed by atoms with E-state index in [1.54, 1.807) is 12.1 Å². The summed E-state index contributed by atoms with van der Waals surface area (Å²) in [5.41, 5.74) is 0.873. The molecular formula is C15H18Cl2INO4. The first-order valence-corrected chi connectivity index (χ1v) is 8.66. The van der Waals surface area contributed by atoms with Crippen LogP contribution in [0.3, 0.4) is 0 Å². The first-order chi connectivity index (χ1) is 10.9. The van der Waals surface area contributed by atoms with E-state index < -0.39 is 6.09 Å². The predicted molar refractivity (Wildman–Crippen MR) is 100 cm³/mol. The average Bonchev–Trinajstić information content (AvgIpc) is 2.48. The van der Waals surface area contributed by atoms with Gasteiger partial charge in [-0.1, -0.05) is 23.2 Å². The minimum Gasteiger partial charge on any atom is -0.492 e. The molecule has 1 aromatic carbocycles. The van der Waals surface area contributed by atoms with Gasteiger partial charge in [-0.05, 0) is 53.6 Å². The number of rotatable bonds is 8. The Labute approximate surface area is 159 Å². The lowest BCUT2D eigenvalue weighted by Crippen LogP contribution is -2.25. The second-order valence-electron chi connectivity index (χ2n) is 4.48. The fourth-order valence-corrected chi connectivity index (χ4v) is 2.23. The van der Waals surface area contributed by atoms with Crippen LogP contribution in [0.4, 0.5) is 4.79 Å². The third-order valence-corrected chi connectivity index (χ3v) is 3.59. The molecule has 0 saturated carbocycles. The van der Waals surface area contributed by atoms with E-state index in [2.05, 4.69) is 10.1 Å². The summed E-state index contributed by atoms with van der Waals surface area (Å²) in [7, 11) is 1.32. The quantitative estimate of drug-likeness (QED) is 0.440. The molecule has 5 nitrogen and oxygen atoms in total. The molecule has 0 fully saturated rings. The van der Waals surface area contributed by atoms with E-state index in [1.807, 2.05) is 35.6 Å². The molecule has 0 aliphatic heterocycles. The van der Waals surface area contributed by atoms with Crippen molar-refractivity contribution in [2.45, 2.75) is 13.3 Å². The zero-order valence-corrected chi connectivity index (χ0v) is 16.5. The maximum atomic E-state index is 10.9. The molecule has 0 unspecified atom stereocenters. The van der Waals surface area contributed by atoms with Crippen molar-refractivity contribution < 1.29 is 19.0 Å². The minimum atomic E-state index is -0.457. The predicted octanol–water partition coefficient (Wildman–Crippen LogP) is 4.67. The zero-order chi connectivity index (χ0) is 17.2. The van der Waals surface area contributed by atoms with Gasteiger partial charge in [0.2, 0.25) is 0 Å². The van der Waals surface area contributed by atoms with Gasteiger partial charge in [-0.15, -0.1) is 0 Å². The minimum absolute atomic E-state index is 0.372. The van der Waals surface area contributed by atoms with Gasteiger partial charge in [0, 0.05) is 12.6 Å². The number of aryl methyl sites for hydroxylation is 1. The van der Waals surface area contributed by atoms with Gasteiger partial charge < -0.3 is 19.5 Å². The van der Waals surface area contributed by atoms with E-state index in [4.69, 9.17) is 32.7 Å². The summed E-state index contributed by atoms with van der Waals surface area (Å²) in [4.78, 5) is 10.9. The van der Waals surface area contributed by atoms with Crippen LogP contribution in [0.1, 0.15) is 12.0 Å². The van der Waals surface area contributed by atoms with Crippen molar-refractivity contribution in [3.63, 3.8) is 0 Å². The van der Waals surface area contributed by atoms with Crippen molar-refractivity contribution in [2.75, 3.05) is 26.9 Å². The largest absolute Gasteiger partial charge is 0.492 e. The average molecular weight is 474 g/mol. The number of nitrogens with one attached hydrogen (secondary N) is 1. The second-order valence-corrected chi connectivity index (χ2v) is 7.09. The van der Waals surface area contributed by atoms with Crippen molar-refractivity contribution in [2.24, 2.45) is 0 Å². The standard InChI is InChI=1S/C15H18Cl2INO4/c1-10-8-11(22-7-4-13(17)18)9-12(16)14(10)23-6-3-5-19-15(20)21-2/h4,8-9H,3,5-7H2,1-2H3,(H,19,20)/b13-4+.